The maximum absolute atomic E-state index is 12.2. The largest absolute Gasteiger partial charge is 0.480 e. The van der Waals surface area contributed by atoms with Gasteiger partial charge in [0.15, 0.2) is 0 Å². The fourth-order valence-corrected chi connectivity index (χ4v) is 3.42. The lowest BCUT2D eigenvalue weighted by Gasteiger charge is -2.42. The number of aryl methyl sites for hydroxylation is 1. The lowest BCUT2D eigenvalue weighted by atomic mass is 9.85. The molecule has 2 rings (SSSR count). The topological polar surface area (TPSA) is 82.5 Å². The van der Waals surface area contributed by atoms with Crippen molar-refractivity contribution in [3.8, 4) is 0 Å². The fourth-order valence-electron chi connectivity index (χ4n) is 2.63. The normalized spacial score (nSPS) is 21.1. The number of rotatable bonds is 7. The van der Waals surface area contributed by atoms with E-state index in [1.54, 1.807) is 5.51 Å². The molecule has 1 aromatic rings. The van der Waals surface area contributed by atoms with Gasteiger partial charge in [0.25, 0.3) is 5.91 Å². The summed E-state index contributed by atoms with van der Waals surface area (Å²) in [7, 11) is 0. The van der Waals surface area contributed by atoms with E-state index in [1.165, 1.54) is 11.3 Å². The van der Waals surface area contributed by atoms with Crippen molar-refractivity contribution >= 4 is 23.2 Å². The van der Waals surface area contributed by atoms with Gasteiger partial charge in [-0.2, -0.15) is 0 Å². The van der Waals surface area contributed by atoms with Crippen LogP contribution < -0.4 is 5.32 Å². The SMILES string of the molecule is CCc1ncsc1C(=O)NC1CC(N(CC)CC(=O)O)C1. The van der Waals surface area contributed by atoms with Crippen molar-refractivity contribution in [3.05, 3.63) is 16.1 Å². The standard InChI is InChI=1S/C14H21N3O3S/c1-3-11-13(21-8-15-11)14(20)16-9-5-10(6-9)17(4-2)7-12(18)19/h8-10H,3-7H2,1-2H3,(H,16,20)(H,18,19). The van der Waals surface area contributed by atoms with Crippen LogP contribution in [-0.2, 0) is 11.2 Å². The molecule has 0 aliphatic heterocycles. The number of hydrogen-bond acceptors (Lipinski definition) is 5. The van der Waals surface area contributed by atoms with Gasteiger partial charge in [0, 0.05) is 12.1 Å². The molecule has 1 aromatic heterocycles. The molecule has 7 heteroatoms. The Morgan fingerprint density at radius 2 is 2.19 bits per heavy atom. The smallest absolute Gasteiger partial charge is 0.317 e. The van der Waals surface area contributed by atoms with Gasteiger partial charge in [-0.25, -0.2) is 4.98 Å². The van der Waals surface area contributed by atoms with Gasteiger partial charge in [0.2, 0.25) is 0 Å². The van der Waals surface area contributed by atoms with Crippen molar-refractivity contribution in [2.45, 2.75) is 45.2 Å². The summed E-state index contributed by atoms with van der Waals surface area (Å²) in [6.45, 7) is 4.72. The molecule has 0 radical (unpaired) electrons. The Bertz CT molecular complexity index is 511. The third kappa shape index (κ3) is 3.79. The second kappa shape index (κ2) is 7.00. The molecule has 0 unspecified atom stereocenters. The van der Waals surface area contributed by atoms with Crippen molar-refractivity contribution in [1.82, 2.24) is 15.2 Å². The predicted octanol–water partition coefficient (Wildman–Crippen LogP) is 1.37. The Morgan fingerprint density at radius 3 is 2.76 bits per heavy atom. The molecule has 21 heavy (non-hydrogen) atoms. The van der Waals surface area contributed by atoms with Crippen LogP contribution in [0.5, 0.6) is 0 Å². The molecule has 0 saturated heterocycles. The summed E-state index contributed by atoms with van der Waals surface area (Å²) in [6, 6.07) is 0.389. The Hall–Kier alpha value is -1.47. The number of carboxylic acid groups (broad SMARTS) is 1. The Balaban J connectivity index is 1.82. The van der Waals surface area contributed by atoms with E-state index in [0.717, 1.165) is 25.0 Å². The molecular formula is C14H21N3O3S. The highest BCUT2D eigenvalue weighted by Gasteiger charge is 2.35. The van der Waals surface area contributed by atoms with E-state index in [1.807, 2.05) is 18.7 Å². The first-order valence-electron chi connectivity index (χ1n) is 7.24. The van der Waals surface area contributed by atoms with Gasteiger partial charge in [-0.3, -0.25) is 14.5 Å². The summed E-state index contributed by atoms with van der Waals surface area (Å²) in [4.78, 5) is 29.8. The molecule has 1 aliphatic carbocycles. The highest BCUT2D eigenvalue weighted by Crippen LogP contribution is 2.26. The number of thiazole rings is 1. The highest BCUT2D eigenvalue weighted by molar-refractivity contribution is 7.11. The van der Waals surface area contributed by atoms with E-state index in [-0.39, 0.29) is 24.5 Å². The van der Waals surface area contributed by atoms with Crippen LogP contribution >= 0.6 is 11.3 Å². The molecule has 1 heterocycles. The summed E-state index contributed by atoms with van der Waals surface area (Å²) in [5.41, 5.74) is 2.54. The van der Waals surface area contributed by atoms with Crippen molar-refractivity contribution in [2.75, 3.05) is 13.1 Å². The second-order valence-electron chi connectivity index (χ2n) is 5.23. The number of hydrogen-bond donors (Lipinski definition) is 2. The third-order valence-corrected chi connectivity index (χ3v) is 4.76. The molecule has 6 nitrogen and oxygen atoms in total. The van der Waals surface area contributed by atoms with Gasteiger partial charge in [0.05, 0.1) is 17.7 Å². The van der Waals surface area contributed by atoms with Crippen molar-refractivity contribution in [3.63, 3.8) is 0 Å². The molecular weight excluding hydrogens is 290 g/mol. The van der Waals surface area contributed by atoms with Crippen LogP contribution in [-0.4, -0.2) is 52.0 Å². The monoisotopic (exact) mass is 311 g/mol. The number of carboxylic acids is 1. The Morgan fingerprint density at radius 1 is 1.48 bits per heavy atom. The van der Waals surface area contributed by atoms with Gasteiger partial charge < -0.3 is 10.4 Å². The van der Waals surface area contributed by atoms with Gasteiger partial charge in [-0.1, -0.05) is 13.8 Å². The molecule has 1 saturated carbocycles. The lowest BCUT2D eigenvalue weighted by Crippen LogP contribution is -2.54. The number of aromatic nitrogens is 1. The molecule has 1 amide bonds. The Labute approximate surface area is 128 Å². The highest BCUT2D eigenvalue weighted by atomic mass is 32.1. The van der Waals surface area contributed by atoms with Crippen LogP contribution in [0.4, 0.5) is 0 Å². The quantitative estimate of drug-likeness (QED) is 0.795. The summed E-state index contributed by atoms with van der Waals surface area (Å²) >= 11 is 1.37. The first-order chi connectivity index (χ1) is 10.0. The van der Waals surface area contributed by atoms with E-state index < -0.39 is 5.97 Å². The minimum absolute atomic E-state index is 0.0564. The van der Waals surface area contributed by atoms with E-state index in [4.69, 9.17) is 5.11 Å². The maximum atomic E-state index is 12.2. The molecule has 1 fully saturated rings. The average molecular weight is 311 g/mol. The Kier molecular flexibility index (Phi) is 5.30. The van der Waals surface area contributed by atoms with E-state index in [9.17, 15) is 9.59 Å². The van der Waals surface area contributed by atoms with E-state index >= 15 is 0 Å². The molecule has 0 atom stereocenters. The number of nitrogens with zero attached hydrogens (tertiary/aromatic N) is 2. The molecule has 116 valence electrons. The van der Waals surface area contributed by atoms with Gasteiger partial charge >= 0.3 is 5.97 Å². The van der Waals surface area contributed by atoms with Crippen LogP contribution in [0, 0.1) is 0 Å². The van der Waals surface area contributed by atoms with E-state index in [2.05, 4.69) is 10.3 Å². The fraction of sp³-hybridized carbons (Fsp3) is 0.643. The molecule has 0 aromatic carbocycles. The predicted molar refractivity (Wildman–Crippen MR) is 80.7 cm³/mol. The number of amides is 1. The van der Waals surface area contributed by atoms with E-state index in [0.29, 0.717) is 11.4 Å². The molecule has 0 bridgehead atoms. The van der Waals surface area contributed by atoms with Gasteiger partial charge in [-0.15, -0.1) is 11.3 Å². The van der Waals surface area contributed by atoms with Crippen LogP contribution in [0.25, 0.3) is 0 Å². The summed E-state index contributed by atoms with van der Waals surface area (Å²) in [5, 5.41) is 11.9. The number of carbonyl (C=O) groups is 2. The zero-order valence-corrected chi connectivity index (χ0v) is 13.2. The van der Waals surface area contributed by atoms with Crippen LogP contribution in [0.3, 0.4) is 0 Å². The number of carbonyl (C=O) groups excluding carboxylic acids is 1. The first kappa shape index (κ1) is 15.9. The van der Waals surface area contributed by atoms with Crippen LogP contribution in [0.15, 0.2) is 5.51 Å². The zero-order chi connectivity index (χ0) is 15.4. The van der Waals surface area contributed by atoms with Crippen molar-refractivity contribution in [1.29, 1.82) is 0 Å². The van der Waals surface area contributed by atoms with Crippen LogP contribution in [0.1, 0.15) is 42.1 Å². The maximum Gasteiger partial charge on any atom is 0.317 e. The summed E-state index contributed by atoms with van der Waals surface area (Å²) in [5.74, 6) is -0.860. The third-order valence-electron chi connectivity index (χ3n) is 3.89. The van der Waals surface area contributed by atoms with Gasteiger partial charge in [0.1, 0.15) is 4.88 Å². The molecule has 0 spiro atoms. The molecule has 1 aliphatic rings. The molecule has 2 N–H and O–H groups in total. The number of nitrogens with one attached hydrogen (secondary N) is 1. The van der Waals surface area contributed by atoms with Crippen LogP contribution in [0.2, 0.25) is 0 Å². The summed E-state index contributed by atoms with van der Waals surface area (Å²) < 4.78 is 0. The lowest BCUT2D eigenvalue weighted by molar-refractivity contribution is -0.139. The van der Waals surface area contributed by atoms with Gasteiger partial charge in [-0.05, 0) is 25.8 Å². The number of likely N-dealkylation sites (N-methyl/N-ethyl adjacent to an activating group) is 1. The first-order valence-corrected chi connectivity index (χ1v) is 8.12. The minimum atomic E-state index is -0.804. The zero-order valence-electron chi connectivity index (χ0n) is 12.3. The minimum Gasteiger partial charge on any atom is -0.480 e. The number of aliphatic carboxylic acids is 1. The summed E-state index contributed by atoms with van der Waals surface area (Å²) in [6.07, 6.45) is 2.38. The average Bonchev–Trinajstić information content (AvgIpc) is 2.88. The second-order valence-corrected chi connectivity index (χ2v) is 6.09. The van der Waals surface area contributed by atoms with Crippen molar-refractivity contribution in [2.24, 2.45) is 0 Å². The van der Waals surface area contributed by atoms with Crippen molar-refractivity contribution < 1.29 is 14.7 Å².